The number of rotatable bonds is 2. The van der Waals surface area contributed by atoms with Crippen LogP contribution in [0.2, 0.25) is 5.15 Å². The van der Waals surface area contributed by atoms with E-state index in [1.165, 1.54) is 6.20 Å². The number of aromatic nitrogens is 4. The van der Waals surface area contributed by atoms with Gasteiger partial charge in [0.15, 0.2) is 12.1 Å². The van der Waals surface area contributed by atoms with Gasteiger partial charge < -0.3 is 4.57 Å². The molecule has 15 heavy (non-hydrogen) atoms. The summed E-state index contributed by atoms with van der Waals surface area (Å²) in [5.41, 5.74) is 0.896. The highest BCUT2D eigenvalue weighted by Gasteiger charge is 2.07. The van der Waals surface area contributed by atoms with Crippen molar-refractivity contribution in [1.82, 2.24) is 19.5 Å². The van der Waals surface area contributed by atoms with E-state index < -0.39 is 0 Å². The van der Waals surface area contributed by atoms with Gasteiger partial charge in [0.2, 0.25) is 0 Å². The Balaban J connectivity index is 2.46. The second-order valence-corrected chi connectivity index (χ2v) is 3.34. The zero-order chi connectivity index (χ0) is 10.8. The van der Waals surface area contributed by atoms with E-state index in [9.17, 15) is 4.79 Å². The molecule has 0 atom stereocenters. The van der Waals surface area contributed by atoms with E-state index >= 15 is 0 Å². The van der Waals surface area contributed by atoms with Crippen LogP contribution in [0.15, 0.2) is 18.7 Å². The molecular weight excluding hydrogens is 216 g/mol. The number of carbonyl (C=O) groups excluding carboxylic acids is 1. The summed E-state index contributed by atoms with van der Waals surface area (Å²) in [5.74, 6) is 0.409. The molecule has 0 aliphatic rings. The second-order valence-electron chi connectivity index (χ2n) is 2.98. The van der Waals surface area contributed by atoms with Crippen LogP contribution >= 0.6 is 11.6 Å². The monoisotopic (exact) mass is 222 g/mol. The minimum Gasteiger partial charge on any atom is -0.340 e. The van der Waals surface area contributed by atoms with E-state index in [4.69, 9.17) is 11.6 Å². The summed E-state index contributed by atoms with van der Waals surface area (Å²) in [4.78, 5) is 22.5. The molecule has 0 fully saturated rings. The third kappa shape index (κ3) is 1.87. The summed E-state index contributed by atoms with van der Waals surface area (Å²) < 4.78 is 1.78. The van der Waals surface area contributed by atoms with Crippen LogP contribution in [-0.2, 0) is 7.05 Å². The number of aldehydes is 1. The lowest BCUT2D eigenvalue weighted by atomic mass is 10.3. The number of aryl methyl sites for hydroxylation is 1. The highest BCUT2D eigenvalue weighted by molar-refractivity contribution is 6.31. The van der Waals surface area contributed by atoms with Crippen molar-refractivity contribution >= 4 is 17.9 Å². The van der Waals surface area contributed by atoms with Crippen molar-refractivity contribution in [1.29, 1.82) is 0 Å². The topological polar surface area (TPSA) is 60.7 Å². The first-order chi connectivity index (χ1) is 7.20. The van der Waals surface area contributed by atoms with Crippen molar-refractivity contribution in [2.75, 3.05) is 0 Å². The Kier molecular flexibility index (Phi) is 2.47. The Morgan fingerprint density at radius 1 is 1.47 bits per heavy atom. The van der Waals surface area contributed by atoms with E-state index in [0.29, 0.717) is 17.8 Å². The van der Waals surface area contributed by atoms with Gasteiger partial charge in [-0.2, -0.15) is 0 Å². The van der Waals surface area contributed by atoms with Crippen molar-refractivity contribution in [3.05, 3.63) is 29.4 Å². The lowest BCUT2D eigenvalue weighted by Crippen LogP contribution is -1.93. The quantitative estimate of drug-likeness (QED) is 0.568. The average molecular weight is 223 g/mol. The summed E-state index contributed by atoms with van der Waals surface area (Å²) in [6.07, 6.45) is 5.41. The maximum absolute atomic E-state index is 10.5. The molecule has 2 aromatic rings. The van der Waals surface area contributed by atoms with Crippen LogP contribution in [0.3, 0.4) is 0 Å². The third-order valence-electron chi connectivity index (χ3n) is 1.83. The van der Waals surface area contributed by atoms with Crippen molar-refractivity contribution in [3.63, 3.8) is 0 Å². The van der Waals surface area contributed by atoms with Crippen LogP contribution in [0.4, 0.5) is 0 Å². The molecule has 2 rings (SSSR count). The Morgan fingerprint density at radius 2 is 2.27 bits per heavy atom. The molecule has 0 aromatic carbocycles. The van der Waals surface area contributed by atoms with Crippen LogP contribution in [-0.4, -0.2) is 25.8 Å². The molecule has 2 aromatic heterocycles. The summed E-state index contributed by atoms with van der Waals surface area (Å²) in [5, 5.41) is 0.139. The van der Waals surface area contributed by atoms with Gasteiger partial charge in [0.25, 0.3) is 0 Å². The van der Waals surface area contributed by atoms with Gasteiger partial charge in [-0.25, -0.2) is 15.0 Å². The maximum atomic E-state index is 10.5. The molecule has 0 saturated carbocycles. The van der Waals surface area contributed by atoms with Crippen LogP contribution < -0.4 is 0 Å². The maximum Gasteiger partial charge on any atom is 0.181 e. The predicted octanol–water partition coefficient (Wildman–Crippen LogP) is 1.34. The van der Waals surface area contributed by atoms with E-state index in [0.717, 1.165) is 0 Å². The molecule has 0 aliphatic heterocycles. The number of imidazole rings is 1. The Morgan fingerprint density at radius 3 is 2.80 bits per heavy atom. The Bertz CT molecular complexity index is 509. The molecule has 5 nitrogen and oxygen atoms in total. The lowest BCUT2D eigenvalue weighted by molar-refractivity contribution is 0.112. The van der Waals surface area contributed by atoms with Gasteiger partial charge in [-0.15, -0.1) is 0 Å². The third-order valence-corrected chi connectivity index (χ3v) is 2.13. The number of hydrogen-bond donors (Lipinski definition) is 0. The fraction of sp³-hybridized carbons (Fsp3) is 0.111. The molecule has 76 valence electrons. The summed E-state index contributed by atoms with van der Waals surface area (Å²) in [6, 6.07) is 0. The Hall–Kier alpha value is -1.75. The molecule has 0 spiro atoms. The van der Waals surface area contributed by atoms with Gasteiger partial charge in [-0.1, -0.05) is 11.6 Å². The highest BCUT2D eigenvalue weighted by Crippen LogP contribution is 2.16. The molecule has 0 bridgehead atoms. The molecule has 0 unspecified atom stereocenters. The second kappa shape index (κ2) is 3.78. The SMILES string of the molecule is Cn1cnc(-c2ncc(C=O)c(Cl)n2)c1. The molecule has 0 amide bonds. The fourth-order valence-corrected chi connectivity index (χ4v) is 1.27. The molecule has 0 aliphatic carbocycles. The molecule has 0 radical (unpaired) electrons. The van der Waals surface area contributed by atoms with E-state index in [1.54, 1.807) is 17.1 Å². The van der Waals surface area contributed by atoms with Gasteiger partial charge in [-0.3, -0.25) is 4.79 Å². The largest absolute Gasteiger partial charge is 0.340 e. The first-order valence-corrected chi connectivity index (χ1v) is 4.54. The molecule has 0 N–H and O–H groups in total. The summed E-state index contributed by atoms with van der Waals surface area (Å²) in [7, 11) is 1.85. The van der Waals surface area contributed by atoms with Crippen LogP contribution in [0.1, 0.15) is 10.4 Å². The Labute approximate surface area is 90.8 Å². The van der Waals surface area contributed by atoms with Crippen molar-refractivity contribution in [2.45, 2.75) is 0 Å². The minimum absolute atomic E-state index is 0.139. The molecule has 6 heteroatoms. The molecular formula is C9H7ClN4O. The van der Waals surface area contributed by atoms with Gasteiger partial charge in [0.05, 0.1) is 11.9 Å². The average Bonchev–Trinajstić information content (AvgIpc) is 2.65. The van der Waals surface area contributed by atoms with E-state index in [-0.39, 0.29) is 10.7 Å². The van der Waals surface area contributed by atoms with Crippen molar-refractivity contribution in [2.24, 2.45) is 7.05 Å². The van der Waals surface area contributed by atoms with Gasteiger partial charge in [-0.05, 0) is 0 Å². The van der Waals surface area contributed by atoms with Crippen molar-refractivity contribution < 1.29 is 4.79 Å². The normalized spacial score (nSPS) is 10.3. The van der Waals surface area contributed by atoms with Crippen LogP contribution in [0.5, 0.6) is 0 Å². The van der Waals surface area contributed by atoms with Gasteiger partial charge in [0, 0.05) is 19.4 Å². The van der Waals surface area contributed by atoms with Crippen LogP contribution in [0.25, 0.3) is 11.5 Å². The predicted molar refractivity (Wildman–Crippen MR) is 54.6 cm³/mol. The number of nitrogens with zero attached hydrogens (tertiary/aromatic N) is 4. The van der Waals surface area contributed by atoms with Crippen molar-refractivity contribution in [3.8, 4) is 11.5 Å². The summed E-state index contributed by atoms with van der Waals surface area (Å²) in [6.45, 7) is 0. The van der Waals surface area contributed by atoms with E-state index in [2.05, 4.69) is 15.0 Å². The minimum atomic E-state index is 0.139. The smallest absolute Gasteiger partial charge is 0.181 e. The molecule has 0 saturated heterocycles. The summed E-state index contributed by atoms with van der Waals surface area (Å²) >= 11 is 5.77. The van der Waals surface area contributed by atoms with E-state index in [1.807, 2.05) is 7.05 Å². The number of carbonyl (C=O) groups is 1. The fourth-order valence-electron chi connectivity index (χ4n) is 1.10. The zero-order valence-corrected chi connectivity index (χ0v) is 8.64. The highest BCUT2D eigenvalue weighted by atomic mass is 35.5. The van der Waals surface area contributed by atoms with Gasteiger partial charge >= 0.3 is 0 Å². The standard InChI is InChI=1S/C9H7ClN4O/c1-14-3-7(12-5-14)9-11-2-6(4-15)8(10)13-9/h2-5H,1H3. The van der Waals surface area contributed by atoms with Gasteiger partial charge in [0.1, 0.15) is 10.8 Å². The number of halogens is 1. The first kappa shape index (κ1) is 9.79. The zero-order valence-electron chi connectivity index (χ0n) is 7.88. The number of hydrogen-bond acceptors (Lipinski definition) is 4. The van der Waals surface area contributed by atoms with Crippen LogP contribution in [0, 0.1) is 0 Å². The molecule has 2 heterocycles. The first-order valence-electron chi connectivity index (χ1n) is 4.17. The lowest BCUT2D eigenvalue weighted by Gasteiger charge is -1.97.